The maximum atomic E-state index is 12.2. The maximum absolute atomic E-state index is 12.2. The maximum Gasteiger partial charge on any atom is 0.253 e. The van der Waals surface area contributed by atoms with Gasteiger partial charge in [-0.3, -0.25) is 14.4 Å². The van der Waals surface area contributed by atoms with Gasteiger partial charge in [0.25, 0.3) is 5.91 Å². The minimum absolute atomic E-state index is 0.165. The van der Waals surface area contributed by atoms with Crippen molar-refractivity contribution in [3.05, 3.63) is 0 Å². The summed E-state index contributed by atoms with van der Waals surface area (Å²) in [5, 5.41) is 5.56. The molecule has 0 bridgehead atoms. The molecule has 126 valence electrons. The Kier molecular flexibility index (Phi) is 7.00. The molecule has 1 fully saturated rings. The summed E-state index contributed by atoms with van der Waals surface area (Å²) in [5.74, 6) is 0.0500. The average Bonchev–Trinajstić information content (AvgIpc) is 3.16. The van der Waals surface area contributed by atoms with E-state index >= 15 is 0 Å². The first kappa shape index (κ1) is 18.6. The van der Waals surface area contributed by atoms with Crippen molar-refractivity contribution in [1.82, 2.24) is 10.6 Å². The van der Waals surface area contributed by atoms with Crippen LogP contribution in [0.15, 0.2) is 0 Å². The van der Waals surface area contributed by atoms with Crippen LogP contribution in [0.1, 0.15) is 47.5 Å². The van der Waals surface area contributed by atoms with Gasteiger partial charge in [0.2, 0.25) is 5.91 Å². The number of ether oxygens (including phenoxy) is 1. The van der Waals surface area contributed by atoms with Crippen LogP contribution in [0, 0.1) is 11.8 Å². The van der Waals surface area contributed by atoms with Gasteiger partial charge in [-0.25, -0.2) is 0 Å². The lowest BCUT2D eigenvalue weighted by atomic mass is 10.0. The Bertz CT molecular complexity index is 420. The number of carbonyl (C=O) groups is 3. The largest absolute Gasteiger partial charge is 0.354 e. The van der Waals surface area contributed by atoms with E-state index in [-0.39, 0.29) is 23.5 Å². The number of Topliss-reactive ketones (excluding diaryl/α,β-unsaturated/α-hetero) is 1. The molecule has 1 rings (SSSR count). The van der Waals surface area contributed by atoms with Crippen LogP contribution in [0.4, 0.5) is 0 Å². The van der Waals surface area contributed by atoms with Crippen molar-refractivity contribution in [1.29, 1.82) is 0 Å². The average molecular weight is 312 g/mol. The van der Waals surface area contributed by atoms with Crippen LogP contribution in [-0.2, 0) is 19.1 Å². The third-order valence-corrected chi connectivity index (χ3v) is 3.51. The SMILES string of the molecule is CC(=O)C1OC1C(=O)NC(CC(C)C)C(=O)NCCC(C)C. The lowest BCUT2D eigenvalue weighted by molar-refractivity contribution is -0.130. The molecule has 22 heavy (non-hydrogen) atoms. The van der Waals surface area contributed by atoms with Crippen molar-refractivity contribution < 1.29 is 19.1 Å². The van der Waals surface area contributed by atoms with Gasteiger partial charge in [0.05, 0.1) is 0 Å². The lowest BCUT2D eigenvalue weighted by Crippen LogP contribution is -2.49. The minimum Gasteiger partial charge on any atom is -0.354 e. The quantitative estimate of drug-likeness (QED) is 0.623. The number of carbonyl (C=O) groups excluding carboxylic acids is 3. The van der Waals surface area contributed by atoms with E-state index in [4.69, 9.17) is 4.74 Å². The molecule has 0 aliphatic carbocycles. The molecule has 3 atom stereocenters. The molecule has 0 aromatic heterocycles. The first-order chi connectivity index (χ1) is 10.2. The predicted octanol–water partition coefficient (Wildman–Crippen LogP) is 1.04. The van der Waals surface area contributed by atoms with Crippen LogP contribution >= 0.6 is 0 Å². The number of amides is 2. The van der Waals surface area contributed by atoms with Crippen molar-refractivity contribution in [2.24, 2.45) is 11.8 Å². The van der Waals surface area contributed by atoms with Crippen molar-refractivity contribution in [3.63, 3.8) is 0 Å². The molecule has 3 unspecified atom stereocenters. The fourth-order valence-corrected chi connectivity index (χ4v) is 2.18. The molecule has 6 nitrogen and oxygen atoms in total. The topological polar surface area (TPSA) is 87.8 Å². The Labute approximate surface area is 132 Å². The molecule has 0 radical (unpaired) electrons. The monoisotopic (exact) mass is 312 g/mol. The highest BCUT2D eigenvalue weighted by Gasteiger charge is 2.49. The number of ketones is 1. The summed E-state index contributed by atoms with van der Waals surface area (Å²) < 4.78 is 5.05. The molecule has 0 spiro atoms. The van der Waals surface area contributed by atoms with Crippen LogP contribution in [0.5, 0.6) is 0 Å². The zero-order valence-corrected chi connectivity index (χ0v) is 14.1. The summed E-state index contributed by atoms with van der Waals surface area (Å²) in [4.78, 5) is 35.4. The van der Waals surface area contributed by atoms with Crippen LogP contribution in [-0.4, -0.2) is 42.4 Å². The Morgan fingerprint density at radius 2 is 1.68 bits per heavy atom. The van der Waals surface area contributed by atoms with Crippen molar-refractivity contribution in [2.75, 3.05) is 6.54 Å². The van der Waals surface area contributed by atoms with Crippen LogP contribution in [0.3, 0.4) is 0 Å². The van der Waals surface area contributed by atoms with E-state index < -0.39 is 18.2 Å². The summed E-state index contributed by atoms with van der Waals surface area (Å²) in [5.41, 5.74) is 0. The second kappa shape index (κ2) is 8.27. The first-order valence-electron chi connectivity index (χ1n) is 7.96. The molecule has 0 saturated carbocycles. The van der Waals surface area contributed by atoms with Gasteiger partial charge >= 0.3 is 0 Å². The van der Waals surface area contributed by atoms with Crippen LogP contribution in [0.25, 0.3) is 0 Å². The smallest absolute Gasteiger partial charge is 0.253 e. The standard InChI is InChI=1S/C16H28N2O4/c1-9(2)6-7-17-15(20)12(8-10(3)4)18-16(21)14-13(22-14)11(5)19/h9-10,12-14H,6-8H2,1-5H3,(H,17,20)(H,18,21). The summed E-state index contributed by atoms with van der Waals surface area (Å²) in [7, 11) is 0. The molecule has 1 aliphatic heterocycles. The summed E-state index contributed by atoms with van der Waals surface area (Å²) in [6.07, 6.45) is 0.0579. The normalized spacial score (nSPS) is 21.6. The van der Waals surface area contributed by atoms with Crippen molar-refractivity contribution in [2.45, 2.75) is 65.7 Å². The van der Waals surface area contributed by atoms with Gasteiger partial charge in [-0.2, -0.15) is 0 Å². The second-order valence-corrected chi connectivity index (χ2v) is 6.75. The molecule has 2 amide bonds. The van der Waals surface area contributed by atoms with Gasteiger partial charge in [-0.05, 0) is 31.6 Å². The fourth-order valence-electron chi connectivity index (χ4n) is 2.18. The molecule has 1 aliphatic rings. The third-order valence-electron chi connectivity index (χ3n) is 3.51. The van der Waals surface area contributed by atoms with E-state index in [1.165, 1.54) is 6.92 Å². The van der Waals surface area contributed by atoms with E-state index in [9.17, 15) is 14.4 Å². The van der Waals surface area contributed by atoms with Crippen molar-refractivity contribution >= 4 is 17.6 Å². The zero-order valence-electron chi connectivity index (χ0n) is 14.1. The Balaban J connectivity index is 2.51. The fraction of sp³-hybridized carbons (Fsp3) is 0.812. The first-order valence-corrected chi connectivity index (χ1v) is 7.96. The molecular formula is C16H28N2O4. The van der Waals surface area contributed by atoms with Gasteiger partial charge in [0.1, 0.15) is 6.04 Å². The van der Waals surface area contributed by atoms with Gasteiger partial charge in [0, 0.05) is 6.54 Å². The van der Waals surface area contributed by atoms with E-state index in [0.29, 0.717) is 18.9 Å². The molecule has 0 aromatic carbocycles. The summed E-state index contributed by atoms with van der Waals surface area (Å²) >= 11 is 0. The van der Waals surface area contributed by atoms with Gasteiger partial charge < -0.3 is 15.4 Å². The van der Waals surface area contributed by atoms with Gasteiger partial charge in [-0.15, -0.1) is 0 Å². The highest BCUT2D eigenvalue weighted by molar-refractivity contribution is 5.96. The summed E-state index contributed by atoms with van der Waals surface area (Å²) in [6.45, 7) is 10.1. The Morgan fingerprint density at radius 3 is 2.14 bits per heavy atom. The molecule has 2 N–H and O–H groups in total. The Morgan fingerprint density at radius 1 is 1.05 bits per heavy atom. The zero-order chi connectivity index (χ0) is 16.9. The Hall–Kier alpha value is -1.43. The number of epoxide rings is 1. The van der Waals surface area contributed by atoms with Gasteiger partial charge in [-0.1, -0.05) is 27.7 Å². The number of nitrogens with one attached hydrogen (secondary N) is 2. The molecule has 1 heterocycles. The van der Waals surface area contributed by atoms with E-state index in [1.807, 2.05) is 13.8 Å². The third kappa shape index (κ3) is 6.13. The predicted molar refractivity (Wildman–Crippen MR) is 83.2 cm³/mol. The second-order valence-electron chi connectivity index (χ2n) is 6.75. The van der Waals surface area contributed by atoms with Gasteiger partial charge in [0.15, 0.2) is 18.0 Å². The number of hydrogen-bond donors (Lipinski definition) is 2. The highest BCUT2D eigenvalue weighted by Crippen LogP contribution is 2.23. The van der Waals surface area contributed by atoms with Crippen LogP contribution < -0.4 is 10.6 Å². The molecule has 6 heteroatoms. The lowest BCUT2D eigenvalue weighted by Gasteiger charge is -2.20. The molecular weight excluding hydrogens is 284 g/mol. The number of rotatable bonds is 9. The summed E-state index contributed by atoms with van der Waals surface area (Å²) in [6, 6.07) is -0.587. The number of hydrogen-bond acceptors (Lipinski definition) is 4. The highest BCUT2D eigenvalue weighted by atomic mass is 16.6. The minimum atomic E-state index is -0.740. The molecule has 1 saturated heterocycles. The van der Waals surface area contributed by atoms with Crippen LogP contribution in [0.2, 0.25) is 0 Å². The van der Waals surface area contributed by atoms with E-state index in [1.54, 1.807) is 0 Å². The van der Waals surface area contributed by atoms with E-state index in [2.05, 4.69) is 24.5 Å². The van der Waals surface area contributed by atoms with Crippen molar-refractivity contribution in [3.8, 4) is 0 Å². The molecule has 0 aromatic rings. The van der Waals surface area contributed by atoms with E-state index in [0.717, 1.165) is 6.42 Å².